The normalized spacial score (nSPS) is 17.6. The molecule has 1 aliphatic heterocycles. The van der Waals surface area contributed by atoms with Crippen molar-refractivity contribution in [1.82, 2.24) is 10.6 Å². The number of thiocarbonyl (C=S) groups is 1. The Bertz CT molecular complexity index is 520. The molecular formula is C14H14N2O2S. The Morgan fingerprint density at radius 2 is 1.74 bits per heavy atom. The largest absolute Gasteiger partial charge is 0.302 e. The van der Waals surface area contributed by atoms with Gasteiger partial charge in [0, 0.05) is 0 Å². The van der Waals surface area contributed by atoms with Crippen LogP contribution in [0.3, 0.4) is 0 Å². The Kier molecular flexibility index (Phi) is 3.76. The molecule has 4 nitrogen and oxygen atoms in total. The molecule has 2 rings (SSSR count). The molecule has 0 radical (unpaired) electrons. The Morgan fingerprint density at radius 1 is 1.16 bits per heavy atom. The van der Waals surface area contributed by atoms with Crippen LogP contribution in [0.15, 0.2) is 43.0 Å². The van der Waals surface area contributed by atoms with Crippen LogP contribution in [0.5, 0.6) is 0 Å². The standard InChI is InChI=1S/C14H14N2O2S/c1-2-8-14(9-10-6-4-3-5-7-10)11(17)15-13(19)16-12(14)18/h2-7H,1,8-9H2,(H2,15,16,17,18,19). The van der Waals surface area contributed by atoms with E-state index in [9.17, 15) is 9.59 Å². The minimum Gasteiger partial charge on any atom is -0.302 e. The van der Waals surface area contributed by atoms with Gasteiger partial charge in [-0.1, -0.05) is 36.4 Å². The van der Waals surface area contributed by atoms with Crippen LogP contribution < -0.4 is 10.6 Å². The first-order chi connectivity index (χ1) is 9.08. The highest BCUT2D eigenvalue weighted by atomic mass is 32.1. The summed E-state index contributed by atoms with van der Waals surface area (Å²) in [4.78, 5) is 24.4. The summed E-state index contributed by atoms with van der Waals surface area (Å²) in [6.07, 6.45) is 2.17. The molecule has 0 bridgehead atoms. The molecule has 98 valence electrons. The van der Waals surface area contributed by atoms with E-state index in [0.29, 0.717) is 6.42 Å². The highest BCUT2D eigenvalue weighted by Gasteiger charge is 2.48. The molecule has 1 heterocycles. The van der Waals surface area contributed by atoms with Crippen molar-refractivity contribution < 1.29 is 9.59 Å². The van der Waals surface area contributed by atoms with Crippen LogP contribution in [0.4, 0.5) is 0 Å². The fraction of sp³-hybridized carbons (Fsp3) is 0.214. The van der Waals surface area contributed by atoms with Gasteiger partial charge in [-0.2, -0.15) is 0 Å². The Balaban J connectivity index is 2.36. The number of carbonyl (C=O) groups excluding carboxylic acids is 2. The molecule has 1 aromatic rings. The van der Waals surface area contributed by atoms with Crippen LogP contribution >= 0.6 is 12.2 Å². The van der Waals surface area contributed by atoms with Gasteiger partial charge in [-0.15, -0.1) is 6.58 Å². The van der Waals surface area contributed by atoms with Gasteiger partial charge in [0.1, 0.15) is 5.41 Å². The van der Waals surface area contributed by atoms with E-state index >= 15 is 0 Å². The summed E-state index contributed by atoms with van der Waals surface area (Å²) >= 11 is 4.82. The average Bonchev–Trinajstić information content (AvgIpc) is 2.37. The lowest BCUT2D eigenvalue weighted by Gasteiger charge is -2.34. The van der Waals surface area contributed by atoms with Crippen LogP contribution in [-0.2, 0) is 16.0 Å². The number of carbonyl (C=O) groups is 2. The number of benzene rings is 1. The summed E-state index contributed by atoms with van der Waals surface area (Å²) in [6.45, 7) is 3.64. The van der Waals surface area contributed by atoms with Gasteiger partial charge in [0.05, 0.1) is 0 Å². The molecule has 1 fully saturated rings. The first kappa shape index (κ1) is 13.4. The van der Waals surface area contributed by atoms with Crippen molar-refractivity contribution in [3.05, 3.63) is 48.6 Å². The Morgan fingerprint density at radius 3 is 2.26 bits per heavy atom. The quantitative estimate of drug-likeness (QED) is 0.494. The SMILES string of the molecule is C=CCC1(Cc2ccccc2)C(=O)NC(=S)NC1=O. The monoisotopic (exact) mass is 274 g/mol. The van der Waals surface area contributed by atoms with Crippen molar-refractivity contribution >= 4 is 29.1 Å². The van der Waals surface area contributed by atoms with Crippen molar-refractivity contribution in [2.75, 3.05) is 0 Å². The molecule has 1 aromatic carbocycles. The Hall–Kier alpha value is -2.01. The third-order valence-electron chi connectivity index (χ3n) is 3.16. The van der Waals surface area contributed by atoms with Gasteiger partial charge in [-0.3, -0.25) is 9.59 Å². The van der Waals surface area contributed by atoms with Gasteiger partial charge in [-0.05, 0) is 30.6 Å². The van der Waals surface area contributed by atoms with Gasteiger partial charge in [0.25, 0.3) is 0 Å². The average molecular weight is 274 g/mol. The Labute approximate surface area is 116 Å². The molecule has 19 heavy (non-hydrogen) atoms. The van der Waals surface area contributed by atoms with Crippen LogP contribution in [0.1, 0.15) is 12.0 Å². The number of allylic oxidation sites excluding steroid dienone is 1. The highest BCUT2D eigenvalue weighted by Crippen LogP contribution is 2.30. The molecule has 0 aliphatic carbocycles. The predicted octanol–water partition coefficient (Wildman–Crippen LogP) is 1.32. The van der Waals surface area contributed by atoms with Crippen molar-refractivity contribution in [3.63, 3.8) is 0 Å². The highest BCUT2D eigenvalue weighted by molar-refractivity contribution is 7.80. The molecule has 0 atom stereocenters. The van der Waals surface area contributed by atoms with Crippen LogP contribution in [-0.4, -0.2) is 16.9 Å². The molecule has 5 heteroatoms. The maximum Gasteiger partial charge on any atom is 0.242 e. The second kappa shape index (κ2) is 5.32. The van der Waals surface area contributed by atoms with E-state index in [-0.39, 0.29) is 23.3 Å². The second-order valence-corrected chi connectivity index (χ2v) is 4.88. The first-order valence-electron chi connectivity index (χ1n) is 5.90. The van der Waals surface area contributed by atoms with Gasteiger partial charge in [0.15, 0.2) is 5.11 Å². The van der Waals surface area contributed by atoms with Crippen molar-refractivity contribution in [2.24, 2.45) is 5.41 Å². The van der Waals surface area contributed by atoms with Gasteiger partial charge in [0.2, 0.25) is 11.8 Å². The molecule has 1 aliphatic rings. The third kappa shape index (κ3) is 2.56. The van der Waals surface area contributed by atoms with Crippen LogP contribution in [0.2, 0.25) is 0 Å². The topological polar surface area (TPSA) is 58.2 Å². The number of hydrogen-bond acceptors (Lipinski definition) is 3. The number of rotatable bonds is 4. The maximum atomic E-state index is 12.2. The molecular weight excluding hydrogens is 260 g/mol. The predicted molar refractivity (Wildman–Crippen MR) is 76.3 cm³/mol. The molecule has 0 saturated carbocycles. The summed E-state index contributed by atoms with van der Waals surface area (Å²) in [5.41, 5.74) is -0.256. The number of nitrogens with one attached hydrogen (secondary N) is 2. The van der Waals surface area contributed by atoms with Gasteiger partial charge >= 0.3 is 0 Å². The zero-order valence-electron chi connectivity index (χ0n) is 10.3. The maximum absolute atomic E-state index is 12.2. The first-order valence-corrected chi connectivity index (χ1v) is 6.31. The molecule has 0 unspecified atom stereocenters. The summed E-state index contributed by atoms with van der Waals surface area (Å²) in [6, 6.07) is 9.41. The summed E-state index contributed by atoms with van der Waals surface area (Å²) in [7, 11) is 0. The lowest BCUT2D eigenvalue weighted by atomic mass is 9.76. The van der Waals surface area contributed by atoms with E-state index in [1.807, 2.05) is 30.3 Å². The van der Waals surface area contributed by atoms with E-state index in [0.717, 1.165) is 5.56 Å². The van der Waals surface area contributed by atoms with Gasteiger partial charge in [-0.25, -0.2) is 0 Å². The fourth-order valence-electron chi connectivity index (χ4n) is 2.19. The smallest absolute Gasteiger partial charge is 0.242 e. The second-order valence-electron chi connectivity index (χ2n) is 4.47. The number of hydrogen-bond donors (Lipinski definition) is 2. The van der Waals surface area contributed by atoms with Crippen molar-refractivity contribution in [3.8, 4) is 0 Å². The summed E-state index contributed by atoms with van der Waals surface area (Å²) < 4.78 is 0. The molecule has 0 aromatic heterocycles. The zero-order chi connectivity index (χ0) is 13.9. The van der Waals surface area contributed by atoms with Gasteiger partial charge < -0.3 is 10.6 Å². The minimum atomic E-state index is -1.18. The summed E-state index contributed by atoms with van der Waals surface area (Å²) in [5, 5.41) is 5.10. The summed E-state index contributed by atoms with van der Waals surface area (Å²) in [5.74, 6) is -0.741. The van der Waals surface area contributed by atoms with E-state index in [2.05, 4.69) is 17.2 Å². The van der Waals surface area contributed by atoms with E-state index < -0.39 is 5.41 Å². The van der Waals surface area contributed by atoms with Crippen molar-refractivity contribution in [2.45, 2.75) is 12.8 Å². The van der Waals surface area contributed by atoms with E-state index in [1.54, 1.807) is 6.08 Å². The lowest BCUT2D eigenvalue weighted by molar-refractivity contribution is -0.143. The van der Waals surface area contributed by atoms with E-state index in [4.69, 9.17) is 12.2 Å². The molecule has 2 amide bonds. The van der Waals surface area contributed by atoms with Crippen molar-refractivity contribution in [1.29, 1.82) is 0 Å². The van der Waals surface area contributed by atoms with E-state index in [1.165, 1.54) is 0 Å². The molecule has 2 N–H and O–H groups in total. The van der Waals surface area contributed by atoms with Crippen LogP contribution in [0, 0.1) is 5.41 Å². The molecule has 0 spiro atoms. The zero-order valence-corrected chi connectivity index (χ0v) is 11.1. The lowest BCUT2D eigenvalue weighted by Crippen LogP contribution is -2.62. The number of amides is 2. The minimum absolute atomic E-state index is 0.0581. The van der Waals surface area contributed by atoms with Crippen LogP contribution in [0.25, 0.3) is 0 Å². The third-order valence-corrected chi connectivity index (χ3v) is 3.37. The molecule has 1 saturated heterocycles. The fourth-order valence-corrected chi connectivity index (χ4v) is 2.37.